The number of ether oxygens (including phenoxy) is 3. The Morgan fingerprint density at radius 1 is 0.967 bits per heavy atom. The summed E-state index contributed by atoms with van der Waals surface area (Å²) in [6.07, 6.45) is -2.85. The number of cyclic esters (lactones) is 1. The maximum atomic E-state index is 14.5. The summed E-state index contributed by atoms with van der Waals surface area (Å²) in [4.78, 5) is 101. The van der Waals surface area contributed by atoms with E-state index < -0.39 is 114 Å². The highest BCUT2D eigenvalue weighted by Crippen LogP contribution is 2.25. The zero-order valence-electron chi connectivity index (χ0n) is 38.0. The molecule has 0 spiro atoms. The van der Waals surface area contributed by atoms with Crippen molar-refractivity contribution in [3.8, 4) is 5.75 Å². The molecule has 2 aliphatic heterocycles. The number of amides is 6. The van der Waals surface area contributed by atoms with E-state index in [1.165, 1.54) is 30.9 Å². The second-order valence-electron chi connectivity index (χ2n) is 18.1. The molecular weight excluding hydrogens is 789 g/mol. The van der Waals surface area contributed by atoms with Gasteiger partial charge in [-0.05, 0) is 82.4 Å². The lowest BCUT2D eigenvalue weighted by Crippen LogP contribution is -2.60. The standard InChI is InChI=1S/C44H70N6O11/c1-13-26(6)36-33(51)23-34(52)46-35(25(4)5)38(53)45-30(21-24(2)3)40(55)50-20-14-15-31(50)41(56)49(11)32(22-28-16-18-29(59-12)19-17-28)42(57)60-27(7)37(39(54)47-36)48-43(58)61-44(8,9)10/h16-19,24-27,30-33,35-37,51H,13-15,20-23H2,1-12H3,(H,45,53)(H,46,52)(H,47,54)(H,48,58)/t26-,27+,30-,31?,32-,33-,35-,36+,37-/m0/s1. The fraction of sp³-hybridized carbons (Fsp3) is 0.705. The second kappa shape index (κ2) is 22.2. The molecule has 2 heterocycles. The molecular formula is C44H70N6O11. The van der Waals surface area contributed by atoms with Gasteiger partial charge in [-0.15, -0.1) is 0 Å². The van der Waals surface area contributed by atoms with E-state index in [2.05, 4.69) is 21.3 Å². The van der Waals surface area contributed by atoms with Crippen LogP contribution in [0.4, 0.5) is 4.79 Å². The fourth-order valence-electron chi connectivity index (χ4n) is 7.56. The van der Waals surface area contributed by atoms with Crippen molar-refractivity contribution in [2.45, 2.75) is 162 Å². The van der Waals surface area contributed by atoms with Gasteiger partial charge in [0.15, 0.2) is 0 Å². The van der Waals surface area contributed by atoms with E-state index in [0.717, 1.165) is 0 Å². The number of hydrogen-bond acceptors (Lipinski definition) is 11. The number of alkyl carbamates (subject to hydrolysis) is 1. The number of rotatable bonds is 9. The predicted octanol–water partition coefficient (Wildman–Crippen LogP) is 2.85. The SMILES string of the molecule is CC[C@H](C)[C@H]1NC(=O)[C@@H](NC(=O)OC(C)(C)C)[C@@H](C)OC(=O)[C@H](Cc2ccc(OC)cc2)N(C)C(=O)C2CCCN2C(=O)[C@H](CC(C)C)NC(=O)[C@H](C(C)C)NC(=O)C[C@@H]1O. The molecule has 342 valence electrons. The van der Waals surface area contributed by atoms with Crippen LogP contribution < -0.4 is 26.0 Å². The highest BCUT2D eigenvalue weighted by Gasteiger charge is 2.44. The number of carbonyl (C=O) groups excluding carboxylic acids is 7. The molecule has 1 unspecified atom stereocenters. The highest BCUT2D eigenvalue weighted by atomic mass is 16.6. The van der Waals surface area contributed by atoms with E-state index in [0.29, 0.717) is 30.6 Å². The van der Waals surface area contributed by atoms with Crippen molar-refractivity contribution < 1.29 is 52.9 Å². The number of nitrogens with zero attached hydrogens (tertiary/aromatic N) is 2. The number of fused-ring (bicyclic) bond motifs is 1. The van der Waals surface area contributed by atoms with Gasteiger partial charge in [-0.2, -0.15) is 0 Å². The molecule has 1 aromatic rings. The van der Waals surface area contributed by atoms with Crippen molar-refractivity contribution in [3.63, 3.8) is 0 Å². The minimum Gasteiger partial charge on any atom is -0.497 e. The molecule has 6 amide bonds. The Labute approximate surface area is 360 Å². The Balaban J connectivity index is 2.20. The second-order valence-corrected chi connectivity index (χ2v) is 18.1. The van der Waals surface area contributed by atoms with Crippen LogP contribution in [0.25, 0.3) is 0 Å². The number of methoxy groups -OCH3 is 1. The van der Waals surface area contributed by atoms with Crippen molar-refractivity contribution >= 4 is 41.6 Å². The lowest BCUT2D eigenvalue weighted by Gasteiger charge is -2.35. The lowest BCUT2D eigenvalue weighted by atomic mass is 9.91. The number of benzene rings is 1. The largest absolute Gasteiger partial charge is 0.497 e. The lowest BCUT2D eigenvalue weighted by molar-refractivity contribution is -0.161. The monoisotopic (exact) mass is 859 g/mol. The van der Waals surface area contributed by atoms with E-state index in [-0.39, 0.29) is 25.3 Å². The van der Waals surface area contributed by atoms with Gasteiger partial charge in [-0.3, -0.25) is 24.0 Å². The van der Waals surface area contributed by atoms with E-state index in [4.69, 9.17) is 14.2 Å². The van der Waals surface area contributed by atoms with Gasteiger partial charge in [-0.1, -0.05) is 60.1 Å². The minimum atomic E-state index is -1.57. The van der Waals surface area contributed by atoms with Crippen molar-refractivity contribution in [1.29, 1.82) is 0 Å². The Bertz CT molecular complexity index is 1700. The van der Waals surface area contributed by atoms with Crippen molar-refractivity contribution in [1.82, 2.24) is 31.1 Å². The predicted molar refractivity (Wildman–Crippen MR) is 227 cm³/mol. The molecule has 0 saturated carbocycles. The third kappa shape index (κ3) is 14.3. The van der Waals surface area contributed by atoms with Gasteiger partial charge in [0.05, 0.1) is 25.7 Å². The molecule has 0 aromatic heterocycles. The summed E-state index contributed by atoms with van der Waals surface area (Å²) in [7, 11) is 2.97. The third-order valence-electron chi connectivity index (χ3n) is 11.2. The van der Waals surface area contributed by atoms with E-state index >= 15 is 0 Å². The van der Waals surface area contributed by atoms with Gasteiger partial charge in [-0.25, -0.2) is 9.59 Å². The molecule has 2 aliphatic rings. The van der Waals surface area contributed by atoms with Crippen LogP contribution in [0.3, 0.4) is 0 Å². The summed E-state index contributed by atoms with van der Waals surface area (Å²) in [5, 5.41) is 22.4. The number of carbonyl (C=O) groups is 7. The summed E-state index contributed by atoms with van der Waals surface area (Å²) in [5.41, 5.74) is -0.314. The third-order valence-corrected chi connectivity index (χ3v) is 11.2. The van der Waals surface area contributed by atoms with Crippen molar-refractivity contribution in [2.24, 2.45) is 17.8 Å². The summed E-state index contributed by atoms with van der Waals surface area (Å²) in [6.45, 7) is 17.4. The van der Waals surface area contributed by atoms with Crippen LogP contribution in [0.2, 0.25) is 0 Å². The molecule has 17 nitrogen and oxygen atoms in total. The molecule has 0 radical (unpaired) electrons. The Morgan fingerprint density at radius 3 is 2.16 bits per heavy atom. The Kier molecular flexibility index (Phi) is 18.4. The first kappa shape index (κ1) is 50.4. The molecule has 1 aromatic carbocycles. The van der Waals surface area contributed by atoms with Crippen molar-refractivity contribution in [2.75, 3.05) is 20.7 Å². The van der Waals surface area contributed by atoms with Crippen LogP contribution in [0.1, 0.15) is 107 Å². The topological polar surface area (TPSA) is 222 Å². The molecule has 5 N–H and O–H groups in total. The first-order chi connectivity index (χ1) is 28.5. The summed E-state index contributed by atoms with van der Waals surface area (Å²) in [6, 6.07) is -0.102. The van der Waals surface area contributed by atoms with E-state index in [1.54, 1.807) is 65.8 Å². The molecule has 2 saturated heterocycles. The average molecular weight is 859 g/mol. The van der Waals surface area contributed by atoms with Crippen LogP contribution in [0.5, 0.6) is 5.75 Å². The highest BCUT2D eigenvalue weighted by molar-refractivity contribution is 5.96. The van der Waals surface area contributed by atoms with E-state index in [1.807, 2.05) is 20.8 Å². The molecule has 17 heteroatoms. The number of aliphatic hydroxyl groups excluding tert-OH is 1. The maximum absolute atomic E-state index is 14.5. The fourth-order valence-corrected chi connectivity index (χ4v) is 7.56. The molecule has 0 bridgehead atoms. The van der Waals surface area contributed by atoms with Gasteiger partial charge in [0.1, 0.15) is 47.7 Å². The number of aliphatic hydroxyl groups is 1. The summed E-state index contributed by atoms with van der Waals surface area (Å²) >= 11 is 0. The number of likely N-dealkylation sites (N-methyl/N-ethyl adjacent to an activating group) is 1. The van der Waals surface area contributed by atoms with E-state index in [9.17, 15) is 38.7 Å². The quantitative estimate of drug-likeness (QED) is 0.227. The number of esters is 1. The van der Waals surface area contributed by atoms with Crippen LogP contribution >= 0.6 is 0 Å². The van der Waals surface area contributed by atoms with Gasteiger partial charge in [0.2, 0.25) is 29.5 Å². The van der Waals surface area contributed by atoms with Gasteiger partial charge in [0, 0.05) is 20.0 Å². The normalized spacial score (nSPS) is 27.3. The zero-order valence-corrected chi connectivity index (χ0v) is 38.0. The Hall–Kier alpha value is -4.93. The van der Waals surface area contributed by atoms with Crippen LogP contribution in [0, 0.1) is 17.8 Å². The first-order valence-electron chi connectivity index (χ1n) is 21.5. The molecule has 3 rings (SSSR count). The number of hydrogen-bond donors (Lipinski definition) is 5. The number of nitrogens with one attached hydrogen (secondary N) is 4. The van der Waals surface area contributed by atoms with Crippen LogP contribution in [0.15, 0.2) is 24.3 Å². The Morgan fingerprint density at radius 2 is 1.61 bits per heavy atom. The van der Waals surface area contributed by atoms with Crippen LogP contribution in [-0.2, 0) is 44.7 Å². The van der Waals surface area contributed by atoms with Gasteiger partial charge in [0.25, 0.3) is 0 Å². The molecule has 2 fully saturated rings. The molecule has 9 atom stereocenters. The van der Waals surface area contributed by atoms with Crippen LogP contribution in [-0.4, -0.2) is 131 Å². The summed E-state index contributed by atoms with van der Waals surface area (Å²) in [5.74, 6) is -4.33. The van der Waals surface area contributed by atoms with Gasteiger partial charge < -0.3 is 50.4 Å². The molecule has 61 heavy (non-hydrogen) atoms. The summed E-state index contributed by atoms with van der Waals surface area (Å²) < 4.78 is 16.7. The molecule has 0 aliphatic carbocycles. The maximum Gasteiger partial charge on any atom is 0.408 e. The average Bonchev–Trinajstić information content (AvgIpc) is 3.67. The first-order valence-corrected chi connectivity index (χ1v) is 21.5. The van der Waals surface area contributed by atoms with Crippen molar-refractivity contribution in [3.05, 3.63) is 29.8 Å². The minimum absolute atomic E-state index is 0.0270. The smallest absolute Gasteiger partial charge is 0.408 e. The zero-order chi connectivity index (χ0) is 45.9. The van der Waals surface area contributed by atoms with Gasteiger partial charge >= 0.3 is 12.1 Å².